The van der Waals surface area contributed by atoms with Crippen LogP contribution in [0.4, 0.5) is 0 Å². The van der Waals surface area contributed by atoms with Crippen molar-refractivity contribution in [2.45, 2.75) is 33.1 Å². The highest BCUT2D eigenvalue weighted by Gasteiger charge is 2.23. The summed E-state index contributed by atoms with van der Waals surface area (Å²) in [4.78, 5) is 10.9. The fraction of sp³-hybridized carbons (Fsp3) is 1.00. The Labute approximate surface area is 80.3 Å². The molecule has 0 aromatic rings. The third-order valence-corrected chi connectivity index (χ3v) is 1.88. The van der Waals surface area contributed by atoms with Crippen molar-refractivity contribution < 1.29 is 9.68 Å². The van der Waals surface area contributed by atoms with Crippen molar-refractivity contribution in [1.82, 2.24) is 10.3 Å². The molecule has 0 unspecified atom stereocenters. The first-order valence-electron chi connectivity index (χ1n) is 5.19. The average molecular weight is 188 g/mol. The van der Waals surface area contributed by atoms with Crippen LogP contribution >= 0.6 is 0 Å². The zero-order valence-corrected chi connectivity index (χ0v) is 8.66. The van der Waals surface area contributed by atoms with Crippen LogP contribution in [-0.2, 0) is 9.68 Å². The van der Waals surface area contributed by atoms with Gasteiger partial charge in [0.15, 0.2) is 0 Å². The normalized spacial score (nSPS) is 17.8. The van der Waals surface area contributed by atoms with E-state index in [-0.39, 0.29) is 0 Å². The Morgan fingerprint density at radius 3 is 1.92 bits per heavy atom. The highest BCUT2D eigenvalue weighted by Crippen LogP contribution is 2.11. The summed E-state index contributed by atoms with van der Waals surface area (Å²) in [7, 11) is 0. The van der Waals surface area contributed by atoms with Gasteiger partial charge in [0.2, 0.25) is 0 Å². The van der Waals surface area contributed by atoms with Crippen LogP contribution in [0, 0.1) is 0 Å². The van der Waals surface area contributed by atoms with Crippen LogP contribution in [0.25, 0.3) is 0 Å². The van der Waals surface area contributed by atoms with Crippen molar-refractivity contribution in [3.8, 4) is 0 Å². The van der Waals surface area contributed by atoms with Crippen LogP contribution in [0.2, 0.25) is 0 Å². The van der Waals surface area contributed by atoms with Crippen LogP contribution in [0.15, 0.2) is 0 Å². The fourth-order valence-electron chi connectivity index (χ4n) is 1.00. The molecule has 0 radical (unpaired) electrons. The molecule has 13 heavy (non-hydrogen) atoms. The van der Waals surface area contributed by atoms with Gasteiger partial charge in [-0.2, -0.15) is 5.01 Å². The molecule has 1 aliphatic rings. The lowest BCUT2D eigenvalue weighted by molar-refractivity contribution is -0.472. The summed E-state index contributed by atoms with van der Waals surface area (Å²) >= 11 is 0. The maximum Gasteiger partial charge on any atom is 0.0724 e. The topological polar surface area (TPSA) is 24.9 Å². The molecule has 0 aromatic carbocycles. The van der Waals surface area contributed by atoms with E-state index in [9.17, 15) is 0 Å². The molecule has 0 bridgehead atoms. The Bertz CT molecular complexity index is 121. The fourth-order valence-corrected chi connectivity index (χ4v) is 1.00. The zero-order valence-electron chi connectivity index (χ0n) is 8.66. The van der Waals surface area contributed by atoms with Gasteiger partial charge in [0, 0.05) is 18.4 Å². The maximum absolute atomic E-state index is 5.43. The first kappa shape index (κ1) is 10.9. The lowest BCUT2D eigenvalue weighted by Crippen LogP contribution is -2.50. The lowest BCUT2D eigenvalue weighted by Gasteiger charge is -2.37. The standard InChI is InChI=1S/C9H20N2O2/c1-3-8-12-11(13-9-4-2)10-6-5-7-10/h3-9H2,1-2H3. The molecule has 0 N–H and O–H groups in total. The zero-order chi connectivity index (χ0) is 9.52. The first-order chi connectivity index (χ1) is 6.38. The molecule has 0 aliphatic carbocycles. The minimum atomic E-state index is 0.722. The molecule has 4 heteroatoms. The Hall–Kier alpha value is -0.160. The summed E-state index contributed by atoms with van der Waals surface area (Å²) in [5.74, 6) is 0. The molecule has 78 valence electrons. The van der Waals surface area contributed by atoms with E-state index >= 15 is 0 Å². The summed E-state index contributed by atoms with van der Waals surface area (Å²) < 4.78 is 0. The number of hydrogen-bond donors (Lipinski definition) is 0. The number of rotatable bonds is 7. The van der Waals surface area contributed by atoms with E-state index in [1.807, 2.05) is 0 Å². The summed E-state index contributed by atoms with van der Waals surface area (Å²) in [6.07, 6.45) is 3.26. The minimum absolute atomic E-state index is 0.722. The summed E-state index contributed by atoms with van der Waals surface area (Å²) in [6.45, 7) is 7.73. The van der Waals surface area contributed by atoms with Gasteiger partial charge in [-0.15, -0.1) is 0 Å². The van der Waals surface area contributed by atoms with E-state index in [4.69, 9.17) is 9.68 Å². The molecule has 0 amide bonds. The quantitative estimate of drug-likeness (QED) is 0.566. The first-order valence-corrected chi connectivity index (χ1v) is 5.19. The van der Waals surface area contributed by atoms with E-state index in [0.29, 0.717) is 0 Å². The van der Waals surface area contributed by atoms with Crippen LogP contribution in [0.3, 0.4) is 0 Å². The highest BCUT2D eigenvalue weighted by molar-refractivity contribution is 4.60. The van der Waals surface area contributed by atoms with Crippen molar-refractivity contribution in [2.75, 3.05) is 26.3 Å². The second-order valence-electron chi connectivity index (χ2n) is 3.21. The lowest BCUT2D eigenvalue weighted by atomic mass is 10.3. The van der Waals surface area contributed by atoms with Crippen LogP contribution in [-0.4, -0.2) is 36.6 Å². The van der Waals surface area contributed by atoms with E-state index < -0.39 is 0 Å². The van der Waals surface area contributed by atoms with E-state index in [1.54, 1.807) is 5.34 Å². The smallest absolute Gasteiger partial charge is 0.0724 e. The minimum Gasteiger partial charge on any atom is -0.260 e. The highest BCUT2D eigenvalue weighted by atomic mass is 17.0. The van der Waals surface area contributed by atoms with Gasteiger partial charge in [-0.3, -0.25) is 9.68 Å². The van der Waals surface area contributed by atoms with E-state index in [1.165, 1.54) is 6.42 Å². The van der Waals surface area contributed by atoms with Crippen LogP contribution in [0.1, 0.15) is 33.1 Å². The number of hydrogen-bond acceptors (Lipinski definition) is 4. The molecule has 1 aliphatic heterocycles. The van der Waals surface area contributed by atoms with Crippen molar-refractivity contribution in [1.29, 1.82) is 0 Å². The molecule has 1 heterocycles. The van der Waals surface area contributed by atoms with Crippen molar-refractivity contribution >= 4 is 0 Å². The molecule has 0 saturated carbocycles. The van der Waals surface area contributed by atoms with Crippen LogP contribution < -0.4 is 0 Å². The predicted molar refractivity (Wildman–Crippen MR) is 50.5 cm³/mol. The van der Waals surface area contributed by atoms with Gasteiger partial charge >= 0.3 is 0 Å². The molecule has 4 nitrogen and oxygen atoms in total. The molecule has 1 fully saturated rings. The number of nitrogens with zero attached hydrogens (tertiary/aromatic N) is 2. The molecule has 0 spiro atoms. The van der Waals surface area contributed by atoms with Crippen molar-refractivity contribution in [3.05, 3.63) is 0 Å². The van der Waals surface area contributed by atoms with Gasteiger partial charge in [0.25, 0.3) is 0 Å². The summed E-state index contributed by atoms with van der Waals surface area (Å²) in [5.41, 5.74) is 0. The molecule has 0 aromatic heterocycles. The third kappa shape index (κ3) is 3.60. The largest absolute Gasteiger partial charge is 0.260 e. The van der Waals surface area contributed by atoms with Gasteiger partial charge in [0.05, 0.1) is 13.2 Å². The molecule has 0 atom stereocenters. The van der Waals surface area contributed by atoms with E-state index in [0.717, 1.165) is 39.1 Å². The van der Waals surface area contributed by atoms with Gasteiger partial charge < -0.3 is 0 Å². The molecule has 1 saturated heterocycles. The number of hydrazine groups is 1. The van der Waals surface area contributed by atoms with Gasteiger partial charge in [-0.05, 0) is 19.3 Å². The van der Waals surface area contributed by atoms with Crippen molar-refractivity contribution in [2.24, 2.45) is 0 Å². The average Bonchev–Trinajstić information content (AvgIpc) is 2.06. The Balaban J connectivity index is 2.16. The predicted octanol–water partition coefficient (Wildman–Crippen LogP) is 1.59. The van der Waals surface area contributed by atoms with E-state index in [2.05, 4.69) is 18.9 Å². The summed E-state index contributed by atoms with van der Waals surface area (Å²) in [6, 6.07) is 0. The second-order valence-corrected chi connectivity index (χ2v) is 3.21. The van der Waals surface area contributed by atoms with Crippen molar-refractivity contribution in [3.63, 3.8) is 0 Å². The Kier molecular flexibility index (Phi) is 5.31. The molecular formula is C9H20N2O2. The summed E-state index contributed by atoms with van der Waals surface area (Å²) in [5, 5.41) is 3.64. The van der Waals surface area contributed by atoms with Gasteiger partial charge in [0.1, 0.15) is 0 Å². The maximum atomic E-state index is 5.43. The Morgan fingerprint density at radius 1 is 1.08 bits per heavy atom. The van der Waals surface area contributed by atoms with Gasteiger partial charge in [-0.1, -0.05) is 13.8 Å². The SMILES string of the molecule is CCCON(OCCC)N1CCC1. The monoisotopic (exact) mass is 188 g/mol. The Morgan fingerprint density at radius 2 is 1.62 bits per heavy atom. The third-order valence-electron chi connectivity index (χ3n) is 1.88. The van der Waals surface area contributed by atoms with Crippen LogP contribution in [0.5, 0.6) is 0 Å². The molecule has 1 rings (SSSR count). The molecular weight excluding hydrogens is 168 g/mol. The second kappa shape index (κ2) is 6.32. The van der Waals surface area contributed by atoms with Gasteiger partial charge in [-0.25, -0.2) is 0 Å².